The van der Waals surface area contributed by atoms with Crippen molar-refractivity contribution in [1.29, 1.82) is 0 Å². The van der Waals surface area contributed by atoms with Crippen LogP contribution in [0.1, 0.15) is 146 Å². The Balaban J connectivity index is 1.38. The van der Waals surface area contributed by atoms with E-state index in [2.05, 4.69) is 44.2 Å². The molecule has 1 aromatic carbocycles. The van der Waals surface area contributed by atoms with Crippen LogP contribution in [-0.2, 0) is 0 Å². The monoisotopic (exact) mass is 422 g/mol. The molecule has 0 N–H and O–H groups in total. The van der Waals surface area contributed by atoms with Crippen molar-refractivity contribution in [2.24, 2.45) is 11.8 Å². The lowest BCUT2D eigenvalue weighted by atomic mass is 9.76. The first-order valence-corrected chi connectivity index (χ1v) is 14.1. The fourth-order valence-corrected chi connectivity index (χ4v) is 6.06. The van der Waals surface area contributed by atoms with Gasteiger partial charge in [-0.05, 0) is 79.4 Å². The van der Waals surface area contributed by atoms with E-state index in [9.17, 15) is 0 Å². The molecule has 0 radical (unpaired) electrons. The van der Waals surface area contributed by atoms with Gasteiger partial charge in [-0.2, -0.15) is 0 Å². The van der Waals surface area contributed by atoms with E-state index in [1.807, 2.05) is 0 Å². The van der Waals surface area contributed by atoms with Gasteiger partial charge in [0.05, 0.1) is 0 Å². The molecule has 0 heteroatoms. The lowest BCUT2D eigenvalue weighted by Crippen LogP contribution is -2.13. The first-order chi connectivity index (χ1) is 15.3. The average molecular weight is 423 g/mol. The molecule has 0 bridgehead atoms. The minimum atomic E-state index is 0.818. The summed E-state index contributed by atoms with van der Waals surface area (Å²) in [6, 6.07) is 9.79. The predicted octanol–water partition coefficient (Wildman–Crippen LogP) is 10.5. The molecule has 31 heavy (non-hydrogen) atoms. The molecule has 0 nitrogen and oxygen atoms in total. The molecule has 0 spiro atoms. The molecule has 0 saturated heterocycles. The standard InChI is InChI=1S/C31H50/c1-3-5-7-9-11-13-27-16-20-29(21-17-27)31-24-22-30(23-25-31)28-18-14-26(15-19-28)12-10-8-6-4-2/h20,22-28H,3-19,21H2,1-2H3/t26-,27?,28-. The molecule has 1 aromatic rings. The molecule has 174 valence electrons. The minimum Gasteiger partial charge on any atom is -0.0804 e. The second-order valence-electron chi connectivity index (χ2n) is 10.8. The fraction of sp³-hybridized carbons (Fsp3) is 0.742. The molecule has 2 aliphatic carbocycles. The molecule has 1 atom stereocenters. The Hall–Kier alpha value is -1.04. The Morgan fingerprint density at radius 1 is 0.645 bits per heavy atom. The first-order valence-electron chi connectivity index (χ1n) is 14.1. The Morgan fingerprint density at radius 2 is 1.26 bits per heavy atom. The molecule has 1 unspecified atom stereocenters. The number of benzene rings is 1. The van der Waals surface area contributed by atoms with Crippen molar-refractivity contribution in [3.8, 4) is 0 Å². The summed E-state index contributed by atoms with van der Waals surface area (Å²) in [5.74, 6) is 2.78. The van der Waals surface area contributed by atoms with Crippen LogP contribution in [0.5, 0.6) is 0 Å². The highest BCUT2D eigenvalue weighted by Crippen LogP contribution is 2.39. The summed E-state index contributed by atoms with van der Waals surface area (Å²) in [5.41, 5.74) is 4.72. The summed E-state index contributed by atoms with van der Waals surface area (Å²) in [6.45, 7) is 4.62. The lowest BCUT2D eigenvalue weighted by molar-refractivity contribution is 0.302. The number of unbranched alkanes of at least 4 members (excludes halogenated alkanes) is 7. The van der Waals surface area contributed by atoms with Crippen LogP contribution in [0.3, 0.4) is 0 Å². The van der Waals surface area contributed by atoms with Gasteiger partial charge in [-0.15, -0.1) is 0 Å². The summed E-state index contributed by atoms with van der Waals surface area (Å²) < 4.78 is 0. The Labute approximate surface area is 194 Å². The third-order valence-corrected chi connectivity index (χ3v) is 8.30. The van der Waals surface area contributed by atoms with Crippen LogP contribution in [0.4, 0.5) is 0 Å². The van der Waals surface area contributed by atoms with E-state index < -0.39 is 0 Å². The van der Waals surface area contributed by atoms with Crippen LogP contribution < -0.4 is 0 Å². The smallest absolute Gasteiger partial charge is 0.0162 e. The molecule has 0 aromatic heterocycles. The Bertz CT molecular complexity index is 614. The van der Waals surface area contributed by atoms with Crippen molar-refractivity contribution in [2.45, 2.75) is 135 Å². The molecule has 1 saturated carbocycles. The first kappa shape index (κ1) is 24.6. The van der Waals surface area contributed by atoms with Crippen LogP contribution in [0.25, 0.3) is 5.57 Å². The SMILES string of the molecule is CCCCCCCC1CC=C(c2ccc([C@H]3CC[C@H](CCCCCC)CC3)cc2)CC1. The molecule has 1 fully saturated rings. The maximum absolute atomic E-state index is 2.57. The molecule has 0 amide bonds. The predicted molar refractivity (Wildman–Crippen MR) is 139 cm³/mol. The largest absolute Gasteiger partial charge is 0.0804 e. The normalized spacial score (nSPS) is 24.2. The Kier molecular flexibility index (Phi) is 11.3. The van der Waals surface area contributed by atoms with Gasteiger partial charge in [0, 0.05) is 0 Å². The number of rotatable bonds is 13. The topological polar surface area (TPSA) is 0 Å². The van der Waals surface area contributed by atoms with Gasteiger partial charge >= 0.3 is 0 Å². The highest BCUT2D eigenvalue weighted by Gasteiger charge is 2.22. The highest BCUT2D eigenvalue weighted by atomic mass is 14.3. The molecule has 3 rings (SSSR count). The summed E-state index contributed by atoms with van der Waals surface area (Å²) in [7, 11) is 0. The van der Waals surface area contributed by atoms with E-state index in [1.165, 1.54) is 121 Å². The summed E-state index contributed by atoms with van der Waals surface area (Å²) >= 11 is 0. The van der Waals surface area contributed by atoms with Gasteiger partial charge in [0.15, 0.2) is 0 Å². The van der Waals surface area contributed by atoms with Crippen molar-refractivity contribution < 1.29 is 0 Å². The summed E-state index contributed by atoms with van der Waals surface area (Å²) in [6.07, 6.45) is 28.1. The molecule has 0 heterocycles. The second kappa shape index (κ2) is 14.2. The zero-order chi connectivity index (χ0) is 21.7. The third kappa shape index (κ3) is 8.43. The van der Waals surface area contributed by atoms with Gasteiger partial charge in [0.25, 0.3) is 0 Å². The van der Waals surface area contributed by atoms with Gasteiger partial charge < -0.3 is 0 Å². The van der Waals surface area contributed by atoms with E-state index >= 15 is 0 Å². The van der Waals surface area contributed by atoms with Crippen molar-refractivity contribution in [3.05, 3.63) is 41.5 Å². The van der Waals surface area contributed by atoms with Gasteiger partial charge in [-0.25, -0.2) is 0 Å². The highest BCUT2D eigenvalue weighted by molar-refractivity contribution is 5.66. The van der Waals surface area contributed by atoms with Crippen LogP contribution in [-0.4, -0.2) is 0 Å². The van der Waals surface area contributed by atoms with Crippen LogP contribution in [0.2, 0.25) is 0 Å². The van der Waals surface area contributed by atoms with E-state index in [0.717, 1.165) is 17.8 Å². The lowest BCUT2D eigenvalue weighted by Gasteiger charge is -2.29. The second-order valence-corrected chi connectivity index (χ2v) is 10.8. The number of hydrogen-bond acceptors (Lipinski definition) is 0. The zero-order valence-electron chi connectivity index (χ0n) is 20.8. The van der Waals surface area contributed by atoms with Crippen LogP contribution >= 0.6 is 0 Å². The quantitative estimate of drug-likeness (QED) is 0.277. The van der Waals surface area contributed by atoms with E-state index in [0.29, 0.717) is 0 Å². The van der Waals surface area contributed by atoms with Crippen molar-refractivity contribution in [2.75, 3.05) is 0 Å². The summed E-state index contributed by atoms with van der Waals surface area (Å²) in [5, 5.41) is 0. The van der Waals surface area contributed by atoms with Crippen molar-refractivity contribution in [3.63, 3.8) is 0 Å². The van der Waals surface area contributed by atoms with Gasteiger partial charge in [-0.3, -0.25) is 0 Å². The van der Waals surface area contributed by atoms with Crippen molar-refractivity contribution >= 4 is 5.57 Å². The number of hydrogen-bond donors (Lipinski definition) is 0. The maximum Gasteiger partial charge on any atom is -0.0162 e. The summed E-state index contributed by atoms with van der Waals surface area (Å²) in [4.78, 5) is 0. The van der Waals surface area contributed by atoms with Crippen LogP contribution in [0.15, 0.2) is 30.3 Å². The minimum absolute atomic E-state index is 0.818. The third-order valence-electron chi connectivity index (χ3n) is 8.30. The van der Waals surface area contributed by atoms with Gasteiger partial charge in [0.1, 0.15) is 0 Å². The Morgan fingerprint density at radius 3 is 1.87 bits per heavy atom. The zero-order valence-corrected chi connectivity index (χ0v) is 20.8. The molecular weight excluding hydrogens is 372 g/mol. The van der Waals surface area contributed by atoms with E-state index in [4.69, 9.17) is 0 Å². The van der Waals surface area contributed by atoms with E-state index in [-0.39, 0.29) is 0 Å². The van der Waals surface area contributed by atoms with Crippen LogP contribution in [0, 0.1) is 11.8 Å². The van der Waals surface area contributed by atoms with Gasteiger partial charge in [-0.1, -0.05) is 115 Å². The van der Waals surface area contributed by atoms with E-state index in [1.54, 1.807) is 11.1 Å². The maximum atomic E-state index is 2.57. The number of allylic oxidation sites excluding steroid dienone is 2. The van der Waals surface area contributed by atoms with Crippen molar-refractivity contribution in [1.82, 2.24) is 0 Å². The van der Waals surface area contributed by atoms with Gasteiger partial charge in [0.2, 0.25) is 0 Å². The molecule has 0 aliphatic heterocycles. The fourth-order valence-electron chi connectivity index (χ4n) is 6.06. The molecular formula is C31H50. The molecule has 2 aliphatic rings. The average Bonchev–Trinajstić information content (AvgIpc) is 2.83.